The van der Waals surface area contributed by atoms with Crippen molar-refractivity contribution in [2.45, 2.75) is 31.8 Å². The van der Waals surface area contributed by atoms with Crippen molar-refractivity contribution >= 4 is 5.91 Å². The largest absolute Gasteiger partial charge is 0.390 e. The molecule has 2 N–H and O–H groups in total. The van der Waals surface area contributed by atoms with Gasteiger partial charge in [-0.3, -0.25) is 4.79 Å². The van der Waals surface area contributed by atoms with Crippen molar-refractivity contribution in [2.24, 2.45) is 0 Å². The van der Waals surface area contributed by atoms with E-state index in [0.717, 1.165) is 32.5 Å². The van der Waals surface area contributed by atoms with Crippen LogP contribution in [0.25, 0.3) is 0 Å². The Labute approximate surface area is 85.3 Å². The van der Waals surface area contributed by atoms with Crippen LogP contribution < -0.4 is 5.32 Å². The van der Waals surface area contributed by atoms with E-state index < -0.39 is 5.60 Å². The minimum atomic E-state index is -0.497. The van der Waals surface area contributed by atoms with Crippen LogP contribution in [0.15, 0.2) is 0 Å². The lowest BCUT2D eigenvalue weighted by atomic mass is 9.94. The molecule has 1 aliphatic heterocycles. The number of carbonyl (C=O) groups excluding carboxylic acids is 1. The lowest BCUT2D eigenvalue weighted by Crippen LogP contribution is -2.43. The Balaban J connectivity index is 2.19. The molecule has 1 aliphatic rings. The van der Waals surface area contributed by atoms with E-state index in [2.05, 4.69) is 10.2 Å². The fourth-order valence-corrected chi connectivity index (χ4v) is 1.64. The van der Waals surface area contributed by atoms with Crippen LogP contribution in [0.4, 0.5) is 0 Å². The highest BCUT2D eigenvalue weighted by molar-refractivity contribution is 5.75. The van der Waals surface area contributed by atoms with E-state index in [1.165, 1.54) is 0 Å². The Morgan fingerprint density at radius 3 is 2.57 bits per heavy atom. The fraction of sp³-hybridized carbons (Fsp3) is 0.900. The maximum absolute atomic E-state index is 11.0. The summed E-state index contributed by atoms with van der Waals surface area (Å²) in [5, 5.41) is 12.3. The van der Waals surface area contributed by atoms with Gasteiger partial charge in [0.15, 0.2) is 0 Å². The molecule has 0 bridgehead atoms. The topological polar surface area (TPSA) is 52.6 Å². The van der Waals surface area contributed by atoms with E-state index in [4.69, 9.17) is 0 Å². The first-order valence-electron chi connectivity index (χ1n) is 5.19. The zero-order chi connectivity index (χ0) is 10.6. The highest BCUT2D eigenvalue weighted by Gasteiger charge is 2.26. The molecule has 14 heavy (non-hydrogen) atoms. The summed E-state index contributed by atoms with van der Waals surface area (Å²) >= 11 is 0. The summed E-state index contributed by atoms with van der Waals surface area (Å²) in [5.41, 5.74) is -0.497. The minimum Gasteiger partial charge on any atom is -0.390 e. The smallest absolute Gasteiger partial charge is 0.221 e. The van der Waals surface area contributed by atoms with Gasteiger partial charge in [0.25, 0.3) is 0 Å². The number of nitrogens with zero attached hydrogens (tertiary/aromatic N) is 1. The molecule has 0 spiro atoms. The molecular formula is C10H20N2O2. The van der Waals surface area contributed by atoms with Gasteiger partial charge < -0.3 is 15.3 Å². The molecule has 1 saturated heterocycles. The molecule has 4 nitrogen and oxygen atoms in total. The minimum absolute atomic E-state index is 0.0855. The standard InChI is InChI=1S/C10H20N2O2/c1-10(14)4-7-12(8-5-10)6-3-9(13)11-2/h14H,3-8H2,1-2H3,(H,11,13). The van der Waals surface area contributed by atoms with Gasteiger partial charge in [-0.2, -0.15) is 0 Å². The first-order chi connectivity index (χ1) is 6.53. The highest BCUT2D eigenvalue weighted by atomic mass is 16.3. The van der Waals surface area contributed by atoms with E-state index in [9.17, 15) is 9.90 Å². The van der Waals surface area contributed by atoms with Gasteiger partial charge in [0.2, 0.25) is 5.91 Å². The van der Waals surface area contributed by atoms with E-state index in [1.807, 2.05) is 6.92 Å². The quantitative estimate of drug-likeness (QED) is 0.672. The summed E-state index contributed by atoms with van der Waals surface area (Å²) in [6.45, 7) is 4.47. The lowest BCUT2D eigenvalue weighted by Gasteiger charge is -2.35. The molecular weight excluding hydrogens is 180 g/mol. The van der Waals surface area contributed by atoms with Crippen molar-refractivity contribution in [1.29, 1.82) is 0 Å². The van der Waals surface area contributed by atoms with E-state index >= 15 is 0 Å². The number of hydrogen-bond acceptors (Lipinski definition) is 3. The first-order valence-corrected chi connectivity index (χ1v) is 5.19. The number of piperidine rings is 1. The van der Waals surface area contributed by atoms with Gasteiger partial charge in [0.05, 0.1) is 5.60 Å². The molecule has 4 heteroatoms. The number of amides is 1. The van der Waals surface area contributed by atoms with Crippen molar-refractivity contribution in [2.75, 3.05) is 26.7 Å². The summed E-state index contributed by atoms with van der Waals surface area (Å²) in [5.74, 6) is 0.0855. The van der Waals surface area contributed by atoms with E-state index in [0.29, 0.717) is 6.42 Å². The van der Waals surface area contributed by atoms with Crippen LogP contribution in [-0.2, 0) is 4.79 Å². The van der Waals surface area contributed by atoms with Crippen LogP contribution in [0.1, 0.15) is 26.2 Å². The molecule has 1 rings (SSSR count). The number of hydrogen-bond donors (Lipinski definition) is 2. The van der Waals surface area contributed by atoms with Crippen LogP contribution in [0.2, 0.25) is 0 Å². The molecule has 0 aromatic carbocycles. The molecule has 0 aliphatic carbocycles. The second kappa shape index (κ2) is 4.75. The van der Waals surface area contributed by atoms with Gasteiger partial charge in [-0.25, -0.2) is 0 Å². The molecule has 0 aromatic rings. The van der Waals surface area contributed by atoms with Crippen LogP contribution in [0.5, 0.6) is 0 Å². The third kappa shape index (κ3) is 3.64. The number of likely N-dealkylation sites (tertiary alicyclic amines) is 1. The van der Waals surface area contributed by atoms with Crippen molar-refractivity contribution in [3.05, 3.63) is 0 Å². The number of rotatable bonds is 3. The monoisotopic (exact) mass is 200 g/mol. The number of aliphatic hydroxyl groups is 1. The maximum atomic E-state index is 11.0. The van der Waals surface area contributed by atoms with Crippen LogP contribution >= 0.6 is 0 Å². The highest BCUT2D eigenvalue weighted by Crippen LogP contribution is 2.20. The summed E-state index contributed by atoms with van der Waals surface area (Å²) in [6, 6.07) is 0. The summed E-state index contributed by atoms with van der Waals surface area (Å²) in [4.78, 5) is 13.2. The Morgan fingerprint density at radius 2 is 2.07 bits per heavy atom. The predicted molar refractivity (Wildman–Crippen MR) is 55.0 cm³/mol. The van der Waals surface area contributed by atoms with Crippen molar-refractivity contribution in [1.82, 2.24) is 10.2 Å². The Kier molecular flexibility index (Phi) is 3.89. The van der Waals surface area contributed by atoms with Crippen LogP contribution in [-0.4, -0.2) is 48.2 Å². The van der Waals surface area contributed by atoms with E-state index in [-0.39, 0.29) is 5.91 Å². The zero-order valence-electron chi connectivity index (χ0n) is 9.05. The zero-order valence-corrected chi connectivity index (χ0v) is 9.05. The van der Waals surface area contributed by atoms with E-state index in [1.54, 1.807) is 7.05 Å². The first kappa shape index (κ1) is 11.5. The molecule has 1 amide bonds. The third-order valence-electron chi connectivity index (χ3n) is 2.87. The normalized spacial score (nSPS) is 21.9. The third-order valence-corrected chi connectivity index (χ3v) is 2.87. The lowest BCUT2D eigenvalue weighted by molar-refractivity contribution is -0.121. The summed E-state index contributed by atoms with van der Waals surface area (Å²) in [6.07, 6.45) is 2.17. The average molecular weight is 200 g/mol. The molecule has 0 atom stereocenters. The fourth-order valence-electron chi connectivity index (χ4n) is 1.64. The van der Waals surface area contributed by atoms with Gasteiger partial charge in [-0.05, 0) is 19.8 Å². The second-order valence-corrected chi connectivity index (χ2v) is 4.26. The molecule has 0 aromatic heterocycles. The molecule has 1 fully saturated rings. The Hall–Kier alpha value is -0.610. The van der Waals surface area contributed by atoms with Gasteiger partial charge in [-0.15, -0.1) is 0 Å². The van der Waals surface area contributed by atoms with Crippen molar-refractivity contribution < 1.29 is 9.90 Å². The van der Waals surface area contributed by atoms with Gasteiger partial charge in [0, 0.05) is 33.1 Å². The van der Waals surface area contributed by atoms with Gasteiger partial charge >= 0.3 is 0 Å². The summed E-state index contributed by atoms with van der Waals surface area (Å²) < 4.78 is 0. The predicted octanol–water partition coefficient (Wildman–Crippen LogP) is -0.0307. The summed E-state index contributed by atoms with van der Waals surface area (Å²) in [7, 11) is 1.66. The molecule has 0 saturated carbocycles. The number of carbonyl (C=O) groups is 1. The Morgan fingerprint density at radius 1 is 1.50 bits per heavy atom. The molecule has 82 valence electrons. The maximum Gasteiger partial charge on any atom is 0.221 e. The number of nitrogens with one attached hydrogen (secondary N) is 1. The Bertz CT molecular complexity index is 194. The SMILES string of the molecule is CNC(=O)CCN1CCC(C)(O)CC1. The van der Waals surface area contributed by atoms with Crippen LogP contribution in [0.3, 0.4) is 0 Å². The molecule has 1 heterocycles. The average Bonchev–Trinajstić information content (AvgIpc) is 2.16. The van der Waals surface area contributed by atoms with Crippen molar-refractivity contribution in [3.8, 4) is 0 Å². The van der Waals surface area contributed by atoms with Gasteiger partial charge in [0.1, 0.15) is 0 Å². The van der Waals surface area contributed by atoms with Gasteiger partial charge in [-0.1, -0.05) is 0 Å². The molecule has 0 unspecified atom stereocenters. The van der Waals surface area contributed by atoms with Crippen LogP contribution in [0, 0.1) is 0 Å². The van der Waals surface area contributed by atoms with Crippen molar-refractivity contribution in [3.63, 3.8) is 0 Å². The molecule has 0 radical (unpaired) electrons. The second-order valence-electron chi connectivity index (χ2n) is 4.26.